The molecular weight excluding hydrogens is 212 g/mol. The van der Waals surface area contributed by atoms with Gasteiger partial charge in [-0.25, -0.2) is 0 Å². The van der Waals surface area contributed by atoms with Crippen molar-refractivity contribution < 1.29 is 5.11 Å². The summed E-state index contributed by atoms with van der Waals surface area (Å²) in [6.07, 6.45) is 3.19. The maximum atomic E-state index is 9.56. The van der Waals surface area contributed by atoms with E-state index in [9.17, 15) is 5.11 Å². The Kier molecular flexibility index (Phi) is 8.83. The first-order valence-electron chi connectivity index (χ1n) is 7.15. The van der Waals surface area contributed by atoms with Gasteiger partial charge in [0.25, 0.3) is 0 Å². The summed E-state index contributed by atoms with van der Waals surface area (Å²) in [4.78, 5) is 2.48. The van der Waals surface area contributed by atoms with Crippen LogP contribution in [-0.2, 0) is 0 Å². The second-order valence-corrected chi connectivity index (χ2v) is 5.15. The second kappa shape index (κ2) is 8.90. The van der Waals surface area contributed by atoms with Crippen LogP contribution in [0, 0.1) is 0 Å². The Morgan fingerprint density at radius 2 is 1.88 bits per heavy atom. The van der Waals surface area contributed by atoms with Crippen molar-refractivity contribution in [2.24, 2.45) is 0 Å². The summed E-state index contributed by atoms with van der Waals surface area (Å²) < 4.78 is 0. The van der Waals surface area contributed by atoms with Crippen molar-refractivity contribution in [3.8, 4) is 0 Å². The Hall–Kier alpha value is -0.120. The number of hydrogen-bond acceptors (Lipinski definition) is 3. The highest BCUT2D eigenvalue weighted by molar-refractivity contribution is 4.85. The molecule has 1 unspecified atom stereocenters. The highest BCUT2D eigenvalue weighted by Gasteiger charge is 2.25. The molecule has 0 saturated heterocycles. The highest BCUT2D eigenvalue weighted by atomic mass is 16.3. The Balaban J connectivity index is 4.12. The zero-order valence-corrected chi connectivity index (χ0v) is 12.4. The van der Waals surface area contributed by atoms with Crippen molar-refractivity contribution in [2.45, 2.75) is 65.5 Å². The first-order valence-corrected chi connectivity index (χ1v) is 7.15. The van der Waals surface area contributed by atoms with E-state index in [1.165, 1.54) is 0 Å². The van der Waals surface area contributed by atoms with Gasteiger partial charge >= 0.3 is 0 Å². The van der Waals surface area contributed by atoms with Gasteiger partial charge in [0.2, 0.25) is 0 Å². The van der Waals surface area contributed by atoms with Crippen LogP contribution in [0.25, 0.3) is 0 Å². The fourth-order valence-electron chi connectivity index (χ4n) is 2.41. The van der Waals surface area contributed by atoms with Crippen molar-refractivity contribution in [3.05, 3.63) is 0 Å². The molecule has 0 spiro atoms. The molecule has 0 heterocycles. The van der Waals surface area contributed by atoms with E-state index in [0.717, 1.165) is 38.9 Å². The minimum absolute atomic E-state index is 0.0643. The van der Waals surface area contributed by atoms with Crippen LogP contribution in [0.4, 0.5) is 0 Å². The minimum Gasteiger partial charge on any atom is -0.394 e. The van der Waals surface area contributed by atoms with E-state index in [1.807, 2.05) is 0 Å². The lowest BCUT2D eigenvalue weighted by atomic mass is 9.91. The molecule has 0 radical (unpaired) electrons. The maximum Gasteiger partial charge on any atom is 0.0613 e. The van der Waals surface area contributed by atoms with Crippen LogP contribution >= 0.6 is 0 Å². The highest BCUT2D eigenvalue weighted by Crippen LogP contribution is 2.17. The standard InChI is InChI=1S/C14H32N2O/c1-6-14(12-17,15-7-2)10-9-11-16(8-3)13(4)5/h13,15,17H,6-12H2,1-5H3. The number of likely N-dealkylation sites (N-methyl/N-ethyl adjacent to an activating group) is 1. The number of nitrogens with one attached hydrogen (secondary N) is 1. The molecule has 0 bridgehead atoms. The predicted octanol–water partition coefficient (Wildman–Crippen LogP) is 2.25. The summed E-state index contributed by atoms with van der Waals surface area (Å²) in [5, 5.41) is 13.0. The quantitative estimate of drug-likeness (QED) is 0.619. The SMILES string of the molecule is CCNC(CC)(CO)CCCN(CC)C(C)C. The number of aliphatic hydroxyl groups is 1. The van der Waals surface area contributed by atoms with Gasteiger partial charge in [0.15, 0.2) is 0 Å². The van der Waals surface area contributed by atoms with E-state index in [2.05, 4.69) is 44.8 Å². The van der Waals surface area contributed by atoms with E-state index < -0.39 is 0 Å². The van der Waals surface area contributed by atoms with Crippen molar-refractivity contribution in [1.29, 1.82) is 0 Å². The maximum absolute atomic E-state index is 9.56. The summed E-state index contributed by atoms with van der Waals surface area (Å²) in [7, 11) is 0. The summed E-state index contributed by atoms with van der Waals surface area (Å²) in [6, 6.07) is 0.615. The molecule has 0 aromatic carbocycles. The van der Waals surface area contributed by atoms with Gasteiger partial charge in [-0.2, -0.15) is 0 Å². The zero-order valence-electron chi connectivity index (χ0n) is 12.4. The summed E-state index contributed by atoms with van der Waals surface area (Å²) >= 11 is 0. The average Bonchev–Trinajstić information content (AvgIpc) is 2.33. The molecule has 0 aromatic heterocycles. The van der Waals surface area contributed by atoms with Gasteiger partial charge in [-0.1, -0.05) is 20.8 Å². The second-order valence-electron chi connectivity index (χ2n) is 5.15. The van der Waals surface area contributed by atoms with Gasteiger partial charge in [-0.15, -0.1) is 0 Å². The largest absolute Gasteiger partial charge is 0.394 e. The predicted molar refractivity (Wildman–Crippen MR) is 75.4 cm³/mol. The van der Waals surface area contributed by atoms with Crippen LogP contribution in [0.2, 0.25) is 0 Å². The third-order valence-corrected chi connectivity index (χ3v) is 3.77. The molecule has 0 saturated carbocycles. The van der Waals surface area contributed by atoms with E-state index in [-0.39, 0.29) is 12.1 Å². The third-order valence-electron chi connectivity index (χ3n) is 3.77. The number of rotatable bonds is 10. The molecular formula is C14H32N2O. The molecule has 0 fully saturated rings. The molecule has 0 rings (SSSR count). The number of aliphatic hydroxyl groups excluding tert-OH is 1. The van der Waals surface area contributed by atoms with Crippen molar-refractivity contribution in [2.75, 3.05) is 26.2 Å². The Morgan fingerprint density at radius 1 is 1.24 bits per heavy atom. The van der Waals surface area contributed by atoms with Gasteiger partial charge in [0, 0.05) is 11.6 Å². The van der Waals surface area contributed by atoms with Crippen molar-refractivity contribution in [3.63, 3.8) is 0 Å². The molecule has 0 aromatic rings. The molecule has 0 amide bonds. The lowest BCUT2D eigenvalue weighted by Crippen LogP contribution is -2.48. The molecule has 3 nitrogen and oxygen atoms in total. The first kappa shape index (κ1) is 16.9. The molecule has 1 atom stereocenters. The van der Waals surface area contributed by atoms with Crippen LogP contribution in [0.5, 0.6) is 0 Å². The topological polar surface area (TPSA) is 35.5 Å². The Bertz CT molecular complexity index is 179. The molecule has 17 heavy (non-hydrogen) atoms. The molecule has 0 aliphatic carbocycles. The summed E-state index contributed by atoms with van der Waals surface area (Å²) in [5.74, 6) is 0. The van der Waals surface area contributed by atoms with Gasteiger partial charge in [0.05, 0.1) is 6.61 Å². The lowest BCUT2D eigenvalue weighted by molar-refractivity contribution is 0.137. The van der Waals surface area contributed by atoms with Crippen LogP contribution in [-0.4, -0.2) is 47.8 Å². The first-order chi connectivity index (χ1) is 8.05. The normalized spacial score (nSPS) is 15.5. The van der Waals surface area contributed by atoms with Crippen LogP contribution < -0.4 is 5.32 Å². The molecule has 0 aliphatic heterocycles. The average molecular weight is 244 g/mol. The van der Waals surface area contributed by atoms with Crippen LogP contribution in [0.1, 0.15) is 53.9 Å². The number of nitrogens with zero attached hydrogens (tertiary/aromatic N) is 1. The smallest absolute Gasteiger partial charge is 0.0613 e. The molecule has 2 N–H and O–H groups in total. The van der Waals surface area contributed by atoms with Crippen LogP contribution in [0.3, 0.4) is 0 Å². The molecule has 0 aliphatic rings. The summed E-state index contributed by atoms with van der Waals surface area (Å²) in [5.41, 5.74) is -0.0643. The lowest BCUT2D eigenvalue weighted by Gasteiger charge is -2.33. The van der Waals surface area contributed by atoms with E-state index >= 15 is 0 Å². The van der Waals surface area contributed by atoms with Crippen molar-refractivity contribution >= 4 is 0 Å². The third kappa shape index (κ3) is 5.84. The Morgan fingerprint density at radius 3 is 2.24 bits per heavy atom. The molecule has 104 valence electrons. The monoisotopic (exact) mass is 244 g/mol. The Labute approximate surface area is 108 Å². The minimum atomic E-state index is -0.0643. The van der Waals surface area contributed by atoms with E-state index in [4.69, 9.17) is 0 Å². The summed E-state index contributed by atoms with van der Waals surface area (Å²) in [6.45, 7) is 14.4. The van der Waals surface area contributed by atoms with E-state index in [0.29, 0.717) is 6.04 Å². The molecule has 3 heteroatoms. The van der Waals surface area contributed by atoms with E-state index in [1.54, 1.807) is 0 Å². The van der Waals surface area contributed by atoms with Gasteiger partial charge in [-0.3, -0.25) is 0 Å². The van der Waals surface area contributed by atoms with Crippen molar-refractivity contribution in [1.82, 2.24) is 10.2 Å². The van der Waals surface area contributed by atoms with Crippen LogP contribution in [0.15, 0.2) is 0 Å². The number of hydrogen-bond donors (Lipinski definition) is 2. The van der Waals surface area contributed by atoms with Gasteiger partial charge < -0.3 is 15.3 Å². The fourth-order valence-corrected chi connectivity index (χ4v) is 2.41. The van der Waals surface area contributed by atoms with Gasteiger partial charge in [0.1, 0.15) is 0 Å². The zero-order chi connectivity index (χ0) is 13.3. The van der Waals surface area contributed by atoms with Gasteiger partial charge in [-0.05, 0) is 52.7 Å². The fraction of sp³-hybridized carbons (Fsp3) is 1.00.